The Morgan fingerprint density at radius 2 is 1.48 bits per heavy atom. The summed E-state index contributed by atoms with van der Waals surface area (Å²) in [4.78, 5) is 39.8. The number of carbonyl (C=O) groups is 3. The highest BCUT2D eigenvalue weighted by molar-refractivity contribution is 6.10. The normalized spacial score (nSPS) is 11.4. The van der Waals surface area contributed by atoms with E-state index in [2.05, 4.69) is 43.1 Å². The molecule has 0 atom stereocenters. The number of unbranched alkanes of at least 4 members (excludes halogenated alkanes) is 3. The van der Waals surface area contributed by atoms with Gasteiger partial charge in [0.25, 0.3) is 0 Å². The average molecular weight is 576 g/mol. The van der Waals surface area contributed by atoms with Crippen molar-refractivity contribution in [2.75, 3.05) is 32.7 Å². The highest BCUT2D eigenvalue weighted by Crippen LogP contribution is 2.24. The van der Waals surface area contributed by atoms with Gasteiger partial charge in [0.15, 0.2) is 5.78 Å². The molecule has 0 radical (unpaired) electrons. The van der Waals surface area contributed by atoms with E-state index in [-0.39, 0.29) is 24.5 Å². The molecule has 0 saturated carbocycles. The second kappa shape index (κ2) is 17.6. The molecular formula is C35H49N3O4. The van der Waals surface area contributed by atoms with Gasteiger partial charge in [-0.1, -0.05) is 64.3 Å². The molecule has 7 nitrogen and oxygen atoms in total. The maximum atomic E-state index is 13.8. The Balaban J connectivity index is 1.72. The second-order valence-electron chi connectivity index (χ2n) is 11.3. The van der Waals surface area contributed by atoms with E-state index in [1.807, 2.05) is 34.9 Å². The van der Waals surface area contributed by atoms with Crippen LogP contribution in [0.4, 0.5) is 0 Å². The molecule has 2 aromatic heterocycles. The van der Waals surface area contributed by atoms with Gasteiger partial charge in [0.05, 0.1) is 12.2 Å². The summed E-state index contributed by atoms with van der Waals surface area (Å²) < 4.78 is 1.90. The zero-order valence-electron chi connectivity index (χ0n) is 25.8. The maximum Gasteiger partial charge on any atom is 0.317 e. The quantitative estimate of drug-likeness (QED) is 0.110. The summed E-state index contributed by atoms with van der Waals surface area (Å²) in [5, 5.41) is 11.5. The number of hydrogen-bond acceptors (Lipinski definition) is 5. The predicted molar refractivity (Wildman–Crippen MR) is 170 cm³/mol. The van der Waals surface area contributed by atoms with Crippen molar-refractivity contribution in [3.63, 3.8) is 0 Å². The molecule has 2 heterocycles. The summed E-state index contributed by atoms with van der Waals surface area (Å²) in [5.41, 5.74) is 4.97. The summed E-state index contributed by atoms with van der Waals surface area (Å²) in [7, 11) is 0. The molecule has 2 N–H and O–H groups in total. The average Bonchev–Trinajstić information content (AvgIpc) is 3.36. The number of carboxylic acids is 1. The van der Waals surface area contributed by atoms with Crippen LogP contribution in [0, 0.1) is 0 Å². The lowest BCUT2D eigenvalue weighted by Crippen LogP contribution is -2.27. The van der Waals surface area contributed by atoms with E-state index in [0.717, 1.165) is 49.7 Å². The van der Waals surface area contributed by atoms with Crippen molar-refractivity contribution in [1.29, 1.82) is 0 Å². The first kappa shape index (κ1) is 33.2. The van der Waals surface area contributed by atoms with Gasteiger partial charge in [-0.3, -0.25) is 14.4 Å². The van der Waals surface area contributed by atoms with Gasteiger partial charge in [-0.05, 0) is 87.5 Å². The van der Waals surface area contributed by atoms with E-state index in [0.29, 0.717) is 23.4 Å². The molecule has 3 rings (SSSR count). The largest absolute Gasteiger partial charge is 0.480 e. The van der Waals surface area contributed by atoms with E-state index in [9.17, 15) is 14.4 Å². The van der Waals surface area contributed by atoms with Gasteiger partial charge < -0.3 is 19.7 Å². The molecule has 0 unspecified atom stereocenters. The van der Waals surface area contributed by atoms with E-state index in [1.54, 1.807) is 6.07 Å². The number of aryl methyl sites for hydroxylation is 2. The van der Waals surface area contributed by atoms with Crippen molar-refractivity contribution in [3.05, 3.63) is 76.6 Å². The number of fused-ring (bicyclic) bond motifs is 1. The number of hydrogen-bond donors (Lipinski definition) is 2. The molecule has 0 aliphatic heterocycles. The number of nitrogens with one attached hydrogen (secondary N) is 1. The first-order valence-electron chi connectivity index (χ1n) is 15.8. The number of aliphatic carboxylic acids is 1. The molecule has 3 aromatic rings. The van der Waals surface area contributed by atoms with E-state index >= 15 is 0 Å². The van der Waals surface area contributed by atoms with Crippen LogP contribution in [-0.4, -0.2) is 64.7 Å². The highest BCUT2D eigenvalue weighted by atomic mass is 16.4. The van der Waals surface area contributed by atoms with Crippen LogP contribution in [0.3, 0.4) is 0 Å². The number of carbonyl (C=O) groups excluding carboxylic acids is 2. The molecule has 0 spiro atoms. The number of Topliss-reactive ketones (excluding diaryl/α,β-unsaturated/α-hetero) is 1. The number of benzene rings is 1. The maximum absolute atomic E-state index is 13.8. The fraction of sp³-hybridized carbons (Fsp3) is 0.514. The molecule has 0 aliphatic rings. The van der Waals surface area contributed by atoms with Crippen molar-refractivity contribution in [1.82, 2.24) is 14.6 Å². The minimum Gasteiger partial charge on any atom is -0.480 e. The molecule has 0 bridgehead atoms. The Kier molecular flexibility index (Phi) is 13.9. The van der Waals surface area contributed by atoms with Crippen LogP contribution in [0.1, 0.15) is 110 Å². The van der Waals surface area contributed by atoms with Crippen LogP contribution < -0.4 is 5.32 Å². The minimum atomic E-state index is -0.949. The standard InChI is InChI=1S/C35H49N3O4/c1-4-7-12-30-25-31-24-29(32(39)17-19-36-26-33(40)41)18-23-38(31)34(30)35(42)28-15-13-27(14-16-28)11-10-22-37(20-8-5-2)21-9-6-3/h13-16,18,23-25,36H,4-12,17,19-22,26H2,1-3H3,(H,40,41). The first-order chi connectivity index (χ1) is 20.4. The zero-order valence-corrected chi connectivity index (χ0v) is 25.8. The fourth-order valence-electron chi connectivity index (χ4n) is 5.33. The van der Waals surface area contributed by atoms with Crippen molar-refractivity contribution < 1.29 is 19.5 Å². The van der Waals surface area contributed by atoms with Crippen LogP contribution in [-0.2, 0) is 17.6 Å². The SMILES string of the molecule is CCCCc1cc2cc(C(=O)CCNCC(=O)O)ccn2c1C(=O)c1ccc(CCCN(CCCC)CCCC)cc1. The van der Waals surface area contributed by atoms with E-state index in [4.69, 9.17) is 5.11 Å². The smallest absolute Gasteiger partial charge is 0.317 e. The van der Waals surface area contributed by atoms with E-state index in [1.165, 1.54) is 44.3 Å². The lowest BCUT2D eigenvalue weighted by atomic mass is 10.00. The van der Waals surface area contributed by atoms with Gasteiger partial charge in [-0.25, -0.2) is 0 Å². The lowest BCUT2D eigenvalue weighted by Gasteiger charge is -2.21. The third-order valence-corrected chi connectivity index (χ3v) is 7.81. The second-order valence-corrected chi connectivity index (χ2v) is 11.3. The fourth-order valence-corrected chi connectivity index (χ4v) is 5.33. The summed E-state index contributed by atoms with van der Waals surface area (Å²) in [5.74, 6) is -1.01. The van der Waals surface area contributed by atoms with Crippen LogP contribution in [0.5, 0.6) is 0 Å². The van der Waals surface area contributed by atoms with Gasteiger partial charge in [0.2, 0.25) is 5.78 Å². The molecule has 0 amide bonds. The number of ketones is 2. The highest BCUT2D eigenvalue weighted by Gasteiger charge is 2.20. The molecule has 42 heavy (non-hydrogen) atoms. The minimum absolute atomic E-state index is 0.00472. The molecule has 1 aromatic carbocycles. The molecule has 0 aliphatic carbocycles. The van der Waals surface area contributed by atoms with Crippen molar-refractivity contribution in [3.8, 4) is 0 Å². The molecule has 0 saturated heterocycles. The Labute approximate surface area is 251 Å². The Morgan fingerprint density at radius 1 is 0.810 bits per heavy atom. The Hall–Kier alpha value is -3.29. The van der Waals surface area contributed by atoms with Gasteiger partial charge in [-0.2, -0.15) is 0 Å². The third-order valence-electron chi connectivity index (χ3n) is 7.81. The van der Waals surface area contributed by atoms with Crippen LogP contribution in [0.25, 0.3) is 5.52 Å². The third kappa shape index (κ3) is 9.92. The van der Waals surface area contributed by atoms with Crippen LogP contribution in [0.2, 0.25) is 0 Å². The summed E-state index contributed by atoms with van der Waals surface area (Å²) in [6, 6.07) is 13.7. The van der Waals surface area contributed by atoms with Crippen molar-refractivity contribution >= 4 is 23.1 Å². The van der Waals surface area contributed by atoms with Crippen LogP contribution >= 0.6 is 0 Å². The summed E-state index contributed by atoms with van der Waals surface area (Å²) in [6.45, 7) is 10.2. The topological polar surface area (TPSA) is 91.1 Å². The van der Waals surface area contributed by atoms with Gasteiger partial charge in [0.1, 0.15) is 0 Å². The van der Waals surface area contributed by atoms with E-state index < -0.39 is 5.97 Å². The predicted octanol–water partition coefficient (Wildman–Crippen LogP) is 6.59. The Morgan fingerprint density at radius 3 is 2.12 bits per heavy atom. The summed E-state index contributed by atoms with van der Waals surface area (Å²) in [6.07, 6.45) is 11.9. The molecule has 228 valence electrons. The monoisotopic (exact) mass is 575 g/mol. The molecule has 0 fully saturated rings. The zero-order chi connectivity index (χ0) is 30.3. The number of rotatable bonds is 21. The number of carboxylic acid groups (broad SMARTS) is 1. The van der Waals surface area contributed by atoms with Gasteiger partial charge in [0, 0.05) is 35.8 Å². The summed E-state index contributed by atoms with van der Waals surface area (Å²) >= 11 is 0. The molecular weight excluding hydrogens is 526 g/mol. The molecule has 7 heteroatoms. The number of pyridine rings is 1. The lowest BCUT2D eigenvalue weighted by molar-refractivity contribution is -0.135. The van der Waals surface area contributed by atoms with Crippen molar-refractivity contribution in [2.24, 2.45) is 0 Å². The van der Waals surface area contributed by atoms with Gasteiger partial charge >= 0.3 is 5.97 Å². The first-order valence-corrected chi connectivity index (χ1v) is 15.8. The van der Waals surface area contributed by atoms with Gasteiger partial charge in [-0.15, -0.1) is 0 Å². The number of aromatic nitrogens is 1. The Bertz CT molecular complexity index is 1290. The number of nitrogens with zero attached hydrogens (tertiary/aromatic N) is 2. The van der Waals surface area contributed by atoms with Crippen LogP contribution in [0.15, 0.2) is 48.7 Å². The van der Waals surface area contributed by atoms with Crippen molar-refractivity contribution in [2.45, 2.75) is 85.0 Å².